The molecule has 1 fully saturated rings. The standard InChI is InChI=1S/C13H27NO/c1-3-5-7-12(4-2)10-14-9-6-8-13(15)11-14/h12-13,15H,3-11H2,1-2H3. The van der Waals surface area contributed by atoms with E-state index in [1.165, 1.54) is 45.2 Å². The van der Waals surface area contributed by atoms with Gasteiger partial charge in [0.25, 0.3) is 0 Å². The van der Waals surface area contributed by atoms with Gasteiger partial charge in [-0.15, -0.1) is 0 Å². The van der Waals surface area contributed by atoms with Crippen molar-refractivity contribution in [1.82, 2.24) is 4.90 Å². The first kappa shape index (κ1) is 13.0. The lowest BCUT2D eigenvalue weighted by molar-refractivity contribution is 0.0606. The maximum Gasteiger partial charge on any atom is 0.0667 e. The molecule has 2 heteroatoms. The molecule has 2 atom stereocenters. The van der Waals surface area contributed by atoms with Crippen LogP contribution >= 0.6 is 0 Å². The Morgan fingerprint density at radius 3 is 2.80 bits per heavy atom. The first-order valence-corrected chi connectivity index (χ1v) is 6.66. The molecule has 1 saturated heterocycles. The zero-order chi connectivity index (χ0) is 11.1. The number of hydrogen-bond donors (Lipinski definition) is 1. The van der Waals surface area contributed by atoms with Gasteiger partial charge < -0.3 is 10.0 Å². The van der Waals surface area contributed by atoms with Crippen LogP contribution in [0, 0.1) is 5.92 Å². The lowest BCUT2D eigenvalue weighted by Gasteiger charge is -2.32. The van der Waals surface area contributed by atoms with Gasteiger partial charge in [-0.2, -0.15) is 0 Å². The van der Waals surface area contributed by atoms with Crippen LogP contribution in [0.1, 0.15) is 52.4 Å². The van der Waals surface area contributed by atoms with Crippen LogP contribution in [-0.2, 0) is 0 Å². The van der Waals surface area contributed by atoms with Crippen LogP contribution in [0.15, 0.2) is 0 Å². The monoisotopic (exact) mass is 213 g/mol. The summed E-state index contributed by atoms with van der Waals surface area (Å²) in [4.78, 5) is 2.46. The molecule has 90 valence electrons. The molecule has 1 aliphatic heterocycles. The summed E-state index contributed by atoms with van der Waals surface area (Å²) >= 11 is 0. The highest BCUT2D eigenvalue weighted by Crippen LogP contribution is 2.17. The third-order valence-electron chi connectivity index (χ3n) is 3.54. The van der Waals surface area contributed by atoms with Crippen LogP contribution in [0.5, 0.6) is 0 Å². The Morgan fingerprint density at radius 2 is 2.20 bits per heavy atom. The molecule has 1 N–H and O–H groups in total. The Kier molecular flexibility index (Phi) is 6.26. The molecule has 1 rings (SSSR count). The second-order valence-corrected chi connectivity index (χ2v) is 4.97. The third-order valence-corrected chi connectivity index (χ3v) is 3.54. The lowest BCUT2D eigenvalue weighted by Crippen LogP contribution is -2.40. The summed E-state index contributed by atoms with van der Waals surface area (Å²) in [5.41, 5.74) is 0. The molecule has 0 amide bonds. The molecule has 2 nitrogen and oxygen atoms in total. The Labute approximate surface area is 94.7 Å². The van der Waals surface area contributed by atoms with Crippen molar-refractivity contribution >= 4 is 0 Å². The van der Waals surface area contributed by atoms with Gasteiger partial charge in [-0.1, -0.05) is 33.1 Å². The van der Waals surface area contributed by atoms with E-state index < -0.39 is 0 Å². The molecule has 15 heavy (non-hydrogen) atoms. The molecule has 0 aromatic carbocycles. The summed E-state index contributed by atoms with van der Waals surface area (Å²) in [5, 5.41) is 9.60. The number of aliphatic hydroxyl groups excluding tert-OH is 1. The number of hydrogen-bond acceptors (Lipinski definition) is 2. The highest BCUT2D eigenvalue weighted by atomic mass is 16.3. The summed E-state index contributed by atoms with van der Waals surface area (Å²) in [6.07, 6.45) is 7.41. The summed E-state index contributed by atoms with van der Waals surface area (Å²) < 4.78 is 0. The number of rotatable bonds is 6. The van der Waals surface area contributed by atoms with E-state index in [-0.39, 0.29) is 6.10 Å². The quantitative estimate of drug-likeness (QED) is 0.733. The fraction of sp³-hybridized carbons (Fsp3) is 1.00. The van der Waals surface area contributed by atoms with Gasteiger partial charge in [-0.05, 0) is 31.7 Å². The Balaban J connectivity index is 2.24. The number of unbranched alkanes of at least 4 members (excludes halogenated alkanes) is 1. The molecule has 0 aromatic heterocycles. The fourth-order valence-electron chi connectivity index (χ4n) is 2.48. The molecular weight excluding hydrogens is 186 g/mol. The van der Waals surface area contributed by atoms with Crippen molar-refractivity contribution in [2.75, 3.05) is 19.6 Å². The van der Waals surface area contributed by atoms with E-state index in [9.17, 15) is 5.11 Å². The topological polar surface area (TPSA) is 23.5 Å². The first-order valence-electron chi connectivity index (χ1n) is 6.66. The summed E-state index contributed by atoms with van der Waals surface area (Å²) in [7, 11) is 0. The Bertz CT molecular complexity index is 161. The van der Waals surface area contributed by atoms with Crippen LogP contribution in [-0.4, -0.2) is 35.7 Å². The minimum absolute atomic E-state index is 0.0672. The maximum absolute atomic E-state index is 9.60. The van der Waals surface area contributed by atoms with Gasteiger partial charge in [0.2, 0.25) is 0 Å². The van der Waals surface area contributed by atoms with Crippen LogP contribution in [0.4, 0.5) is 0 Å². The second kappa shape index (κ2) is 7.24. The van der Waals surface area contributed by atoms with Gasteiger partial charge in [0.15, 0.2) is 0 Å². The molecule has 0 radical (unpaired) electrons. The van der Waals surface area contributed by atoms with Crippen molar-refractivity contribution < 1.29 is 5.11 Å². The number of aliphatic hydroxyl groups is 1. The summed E-state index contributed by atoms with van der Waals surface area (Å²) in [6, 6.07) is 0. The van der Waals surface area contributed by atoms with E-state index in [2.05, 4.69) is 18.7 Å². The first-order chi connectivity index (χ1) is 7.26. The normalized spacial score (nSPS) is 25.4. The van der Waals surface area contributed by atoms with Crippen molar-refractivity contribution in [1.29, 1.82) is 0 Å². The highest BCUT2D eigenvalue weighted by molar-refractivity contribution is 4.74. The van der Waals surface area contributed by atoms with Gasteiger partial charge in [0.1, 0.15) is 0 Å². The maximum atomic E-state index is 9.60. The minimum Gasteiger partial charge on any atom is -0.392 e. The molecule has 0 aliphatic carbocycles. The highest BCUT2D eigenvalue weighted by Gasteiger charge is 2.19. The molecule has 0 bridgehead atoms. The molecule has 0 aromatic rings. The van der Waals surface area contributed by atoms with Crippen LogP contribution in [0.2, 0.25) is 0 Å². The third kappa shape index (κ3) is 4.98. The van der Waals surface area contributed by atoms with Gasteiger partial charge in [0, 0.05) is 13.1 Å². The molecule has 1 aliphatic rings. The fourth-order valence-corrected chi connectivity index (χ4v) is 2.48. The number of nitrogens with zero attached hydrogens (tertiary/aromatic N) is 1. The average molecular weight is 213 g/mol. The number of likely N-dealkylation sites (tertiary alicyclic amines) is 1. The van der Waals surface area contributed by atoms with E-state index >= 15 is 0 Å². The summed E-state index contributed by atoms with van der Waals surface area (Å²) in [6.45, 7) is 7.86. The van der Waals surface area contributed by atoms with Crippen molar-refractivity contribution in [2.45, 2.75) is 58.5 Å². The van der Waals surface area contributed by atoms with Crippen LogP contribution in [0.3, 0.4) is 0 Å². The van der Waals surface area contributed by atoms with E-state index in [1.54, 1.807) is 0 Å². The van der Waals surface area contributed by atoms with E-state index in [0.29, 0.717) is 0 Å². The van der Waals surface area contributed by atoms with Crippen molar-refractivity contribution in [2.24, 2.45) is 5.92 Å². The largest absolute Gasteiger partial charge is 0.392 e. The van der Waals surface area contributed by atoms with E-state index in [0.717, 1.165) is 18.9 Å². The van der Waals surface area contributed by atoms with Crippen LogP contribution < -0.4 is 0 Å². The predicted molar refractivity (Wildman–Crippen MR) is 65.0 cm³/mol. The predicted octanol–water partition coefficient (Wildman–Crippen LogP) is 2.66. The molecular formula is C13H27NO. The lowest BCUT2D eigenvalue weighted by atomic mass is 9.97. The zero-order valence-corrected chi connectivity index (χ0v) is 10.4. The van der Waals surface area contributed by atoms with Gasteiger partial charge >= 0.3 is 0 Å². The smallest absolute Gasteiger partial charge is 0.0667 e. The SMILES string of the molecule is CCCCC(CC)CN1CCCC(O)C1. The Morgan fingerprint density at radius 1 is 1.40 bits per heavy atom. The van der Waals surface area contributed by atoms with Crippen LogP contribution in [0.25, 0.3) is 0 Å². The molecule has 0 spiro atoms. The zero-order valence-electron chi connectivity index (χ0n) is 10.4. The average Bonchev–Trinajstić information content (AvgIpc) is 2.24. The van der Waals surface area contributed by atoms with Crippen molar-refractivity contribution in [3.8, 4) is 0 Å². The van der Waals surface area contributed by atoms with Crippen molar-refractivity contribution in [3.63, 3.8) is 0 Å². The Hall–Kier alpha value is -0.0800. The van der Waals surface area contributed by atoms with Crippen molar-refractivity contribution in [3.05, 3.63) is 0 Å². The summed E-state index contributed by atoms with van der Waals surface area (Å²) in [5.74, 6) is 0.843. The second-order valence-electron chi connectivity index (χ2n) is 4.97. The van der Waals surface area contributed by atoms with E-state index in [1.807, 2.05) is 0 Å². The molecule has 1 heterocycles. The van der Waals surface area contributed by atoms with Gasteiger partial charge in [0.05, 0.1) is 6.10 Å². The van der Waals surface area contributed by atoms with E-state index in [4.69, 9.17) is 0 Å². The number of piperidine rings is 1. The molecule has 0 saturated carbocycles. The van der Waals surface area contributed by atoms with Gasteiger partial charge in [-0.3, -0.25) is 0 Å². The minimum atomic E-state index is -0.0672. The van der Waals surface area contributed by atoms with Gasteiger partial charge in [-0.25, -0.2) is 0 Å². The molecule has 2 unspecified atom stereocenters. The number of β-amino-alcohol motifs (C(OH)–C–C–N with tert-alkyl or cyclic N) is 1.